The molecule has 0 atom stereocenters. The summed E-state index contributed by atoms with van der Waals surface area (Å²) in [5, 5.41) is 6.16. The molecule has 0 spiro atoms. The zero-order valence-electron chi connectivity index (χ0n) is 22.0. The lowest BCUT2D eigenvalue weighted by Gasteiger charge is -2.41. The van der Waals surface area contributed by atoms with Crippen molar-refractivity contribution in [1.29, 1.82) is 0 Å². The van der Waals surface area contributed by atoms with Crippen LogP contribution in [0.5, 0.6) is 5.75 Å². The van der Waals surface area contributed by atoms with Crippen LogP contribution in [-0.2, 0) is 14.3 Å². The van der Waals surface area contributed by atoms with Crippen molar-refractivity contribution in [2.75, 3.05) is 44.3 Å². The molecular formula is C28H33F2N5O4. The topological polar surface area (TPSA) is 89.8 Å². The molecule has 2 aromatic heterocycles. The summed E-state index contributed by atoms with van der Waals surface area (Å²) in [6.07, 6.45) is 5.95. The van der Waals surface area contributed by atoms with Gasteiger partial charge in [-0.1, -0.05) is 12.5 Å². The number of aromatic nitrogens is 3. The van der Waals surface area contributed by atoms with Gasteiger partial charge in [0.1, 0.15) is 5.75 Å². The summed E-state index contributed by atoms with van der Waals surface area (Å²) < 4.78 is 37.7. The lowest BCUT2D eigenvalue weighted by molar-refractivity contribution is -0.191. The number of morpholine rings is 1. The molecule has 4 heterocycles. The lowest BCUT2D eigenvalue weighted by Crippen LogP contribution is -2.49. The molecule has 0 radical (unpaired) electrons. The molecule has 1 aromatic carbocycles. The molecule has 0 N–H and O–H groups in total. The van der Waals surface area contributed by atoms with Crippen molar-refractivity contribution in [3.63, 3.8) is 0 Å². The Morgan fingerprint density at radius 2 is 1.77 bits per heavy atom. The van der Waals surface area contributed by atoms with E-state index in [0.717, 1.165) is 87.5 Å². The molecule has 11 heteroatoms. The predicted molar refractivity (Wildman–Crippen MR) is 139 cm³/mol. The maximum Gasteiger partial charge on any atom is 0.387 e. The molecule has 2 aliphatic heterocycles. The van der Waals surface area contributed by atoms with E-state index < -0.39 is 6.61 Å². The fraction of sp³-hybridized carbons (Fsp3) is 0.536. The van der Waals surface area contributed by atoms with Crippen LogP contribution in [0.4, 0.5) is 14.5 Å². The predicted octanol–water partition coefficient (Wildman–Crippen LogP) is 4.32. The Morgan fingerprint density at radius 3 is 2.41 bits per heavy atom. The second-order valence-electron chi connectivity index (χ2n) is 10.2. The first-order valence-electron chi connectivity index (χ1n) is 13.5. The van der Waals surface area contributed by atoms with Crippen LogP contribution in [0.1, 0.15) is 49.4 Å². The standard InChI is InChI=1S/C27H33F2N5O2.CO2/c1-18-16-23(33-10-8-20(9-11-33)32-12-14-35-15-13-32)24-25(19-4-2-5-19)31-34(26(24)30-18)21-6-3-7-22(17-21)36-27(28)29;2-1-3/h3,6-7,16-17,19-20,27H,2,4-5,8-15H2,1H3;. The SMILES string of the molecule is Cc1cc(N2CCC(N3CCOCC3)CC2)c2c(C3CCC3)nn(-c3cccc(OC(F)F)c3)c2n1.O=C=O. The van der Waals surface area contributed by atoms with E-state index >= 15 is 0 Å². The van der Waals surface area contributed by atoms with E-state index in [-0.39, 0.29) is 11.9 Å². The molecule has 0 amide bonds. The Hall–Kier alpha value is -3.40. The molecule has 1 aliphatic carbocycles. The summed E-state index contributed by atoms with van der Waals surface area (Å²) in [7, 11) is 0. The number of fused-ring (bicyclic) bond motifs is 1. The van der Waals surface area contributed by atoms with Crippen molar-refractivity contribution < 1.29 is 27.8 Å². The van der Waals surface area contributed by atoms with Crippen LogP contribution in [-0.4, -0.2) is 77.9 Å². The number of pyridine rings is 1. The summed E-state index contributed by atoms with van der Waals surface area (Å²) in [5.74, 6) is 0.526. The zero-order valence-corrected chi connectivity index (χ0v) is 22.0. The van der Waals surface area contributed by atoms with Crippen LogP contribution < -0.4 is 9.64 Å². The molecule has 3 aromatic rings. The van der Waals surface area contributed by atoms with E-state index in [1.54, 1.807) is 12.1 Å². The van der Waals surface area contributed by atoms with Gasteiger partial charge in [-0.2, -0.15) is 23.5 Å². The normalized spacial score (nSPS) is 18.9. The van der Waals surface area contributed by atoms with Gasteiger partial charge in [-0.15, -0.1) is 0 Å². The molecule has 1 saturated carbocycles. The highest BCUT2D eigenvalue weighted by molar-refractivity contribution is 5.94. The molecule has 0 unspecified atom stereocenters. The highest BCUT2D eigenvalue weighted by Crippen LogP contribution is 2.43. The summed E-state index contributed by atoms with van der Waals surface area (Å²) in [6, 6.07) is 9.54. The van der Waals surface area contributed by atoms with Crippen LogP contribution in [0.25, 0.3) is 16.7 Å². The number of carbonyl (C=O) groups excluding carboxylic acids is 2. The Bertz CT molecular complexity index is 1310. The largest absolute Gasteiger partial charge is 0.435 e. The van der Waals surface area contributed by atoms with Gasteiger partial charge in [0.25, 0.3) is 0 Å². The number of aryl methyl sites for hydroxylation is 1. The third-order valence-corrected chi connectivity index (χ3v) is 7.92. The quantitative estimate of drug-likeness (QED) is 0.456. The molecule has 2 saturated heterocycles. The summed E-state index contributed by atoms with van der Waals surface area (Å²) in [4.78, 5) is 26.2. The van der Waals surface area contributed by atoms with E-state index in [2.05, 4.69) is 20.6 Å². The summed E-state index contributed by atoms with van der Waals surface area (Å²) in [5.41, 5.74) is 4.67. The molecule has 208 valence electrons. The molecular weight excluding hydrogens is 508 g/mol. The number of halogens is 2. The number of ether oxygens (including phenoxy) is 2. The third-order valence-electron chi connectivity index (χ3n) is 7.92. The van der Waals surface area contributed by atoms with Crippen LogP contribution in [0, 0.1) is 6.92 Å². The van der Waals surface area contributed by atoms with Crippen molar-refractivity contribution in [1.82, 2.24) is 19.7 Å². The number of hydrogen-bond donors (Lipinski definition) is 0. The van der Waals surface area contributed by atoms with Crippen LogP contribution >= 0.6 is 0 Å². The highest BCUT2D eigenvalue weighted by atomic mass is 19.3. The molecule has 6 rings (SSSR count). The number of piperidine rings is 1. The zero-order chi connectivity index (χ0) is 27.4. The van der Waals surface area contributed by atoms with Crippen LogP contribution in [0.2, 0.25) is 0 Å². The number of rotatable bonds is 6. The van der Waals surface area contributed by atoms with Gasteiger partial charge in [-0.3, -0.25) is 4.90 Å². The van der Waals surface area contributed by atoms with Gasteiger partial charge >= 0.3 is 12.8 Å². The third kappa shape index (κ3) is 5.95. The maximum atomic E-state index is 12.9. The number of anilines is 1. The average Bonchev–Trinajstić information content (AvgIpc) is 3.27. The molecule has 3 fully saturated rings. The number of nitrogens with zero attached hydrogens (tertiary/aromatic N) is 5. The van der Waals surface area contributed by atoms with E-state index in [4.69, 9.17) is 24.4 Å². The Kier molecular flexibility index (Phi) is 8.50. The van der Waals surface area contributed by atoms with Gasteiger partial charge in [0.2, 0.25) is 0 Å². The first kappa shape index (κ1) is 27.2. The van der Waals surface area contributed by atoms with Gasteiger partial charge in [-0.25, -0.2) is 9.67 Å². The smallest absolute Gasteiger partial charge is 0.387 e. The Labute approximate surface area is 225 Å². The maximum absolute atomic E-state index is 12.9. The van der Waals surface area contributed by atoms with E-state index in [1.165, 1.54) is 18.2 Å². The van der Waals surface area contributed by atoms with Crippen LogP contribution in [0.15, 0.2) is 30.3 Å². The van der Waals surface area contributed by atoms with Crippen molar-refractivity contribution in [2.45, 2.75) is 57.6 Å². The van der Waals surface area contributed by atoms with Gasteiger partial charge in [0, 0.05) is 49.9 Å². The highest BCUT2D eigenvalue weighted by Gasteiger charge is 2.31. The van der Waals surface area contributed by atoms with Gasteiger partial charge < -0.3 is 14.4 Å². The Morgan fingerprint density at radius 1 is 1.05 bits per heavy atom. The lowest BCUT2D eigenvalue weighted by atomic mass is 9.82. The molecule has 3 aliphatic rings. The summed E-state index contributed by atoms with van der Waals surface area (Å²) >= 11 is 0. The fourth-order valence-corrected chi connectivity index (χ4v) is 5.85. The second kappa shape index (κ2) is 12.2. The Balaban J connectivity index is 0.000000983. The first-order chi connectivity index (χ1) is 19.0. The fourth-order valence-electron chi connectivity index (χ4n) is 5.85. The first-order valence-corrected chi connectivity index (χ1v) is 13.5. The van der Waals surface area contributed by atoms with Gasteiger partial charge in [0.05, 0.1) is 35.7 Å². The average molecular weight is 542 g/mol. The minimum atomic E-state index is -2.87. The minimum absolute atomic E-state index is 0.120. The van der Waals surface area contributed by atoms with Crippen molar-refractivity contribution in [3.8, 4) is 11.4 Å². The second-order valence-corrected chi connectivity index (χ2v) is 10.2. The van der Waals surface area contributed by atoms with Crippen molar-refractivity contribution in [3.05, 3.63) is 41.7 Å². The van der Waals surface area contributed by atoms with Crippen LogP contribution in [0.3, 0.4) is 0 Å². The van der Waals surface area contributed by atoms with Crippen molar-refractivity contribution in [2.24, 2.45) is 0 Å². The van der Waals surface area contributed by atoms with Gasteiger partial charge in [-0.05, 0) is 50.8 Å². The molecule has 9 nitrogen and oxygen atoms in total. The molecule has 39 heavy (non-hydrogen) atoms. The van der Waals surface area contributed by atoms with E-state index in [1.807, 2.05) is 17.7 Å². The minimum Gasteiger partial charge on any atom is -0.435 e. The van der Waals surface area contributed by atoms with E-state index in [9.17, 15) is 8.78 Å². The number of benzene rings is 1. The van der Waals surface area contributed by atoms with Gasteiger partial charge in [0.15, 0.2) is 5.65 Å². The molecule has 0 bridgehead atoms. The number of hydrogen-bond acceptors (Lipinski definition) is 8. The summed E-state index contributed by atoms with van der Waals surface area (Å²) in [6.45, 7) is 4.84. The monoisotopic (exact) mass is 541 g/mol. The number of alkyl halides is 2. The van der Waals surface area contributed by atoms with Crippen molar-refractivity contribution >= 4 is 22.9 Å². The van der Waals surface area contributed by atoms with E-state index in [0.29, 0.717) is 17.6 Å².